The fourth-order valence-corrected chi connectivity index (χ4v) is 7.25. The summed E-state index contributed by atoms with van der Waals surface area (Å²) in [6, 6.07) is 44.0. The Morgan fingerprint density at radius 3 is 1.65 bits per heavy atom. The molecule has 2 aliphatic rings. The molecule has 2 atom stereocenters. The summed E-state index contributed by atoms with van der Waals surface area (Å²) in [7, 11) is 0. The molecule has 9 heteroatoms. The standard InChI is InChI=1S/C23H24ClNO2.C12H11BrO.C11H14ClNO/c1-23(27-20-11-9-19(24)10-12-20)13-14-25(17-23)15-16-26-22-8-4-6-18-5-2-3-7-21(18)22;13-8-9-14-12-7-3-5-10-4-1-2-6-11(10)12;1-11(6-7-13-8-11)14-10-4-2-9(12)3-5-10/h2-12H,13-17H2,1H3;1-7H,8-9H2;2-5,13H,6-8H2,1H3. The van der Waals surface area contributed by atoms with E-state index in [1.807, 2.05) is 84.9 Å². The summed E-state index contributed by atoms with van der Waals surface area (Å²) in [5.41, 5.74) is -0.235. The summed E-state index contributed by atoms with van der Waals surface area (Å²) >= 11 is 15.1. The topological polar surface area (TPSA) is 52.2 Å². The first kappa shape index (κ1) is 40.7. The van der Waals surface area contributed by atoms with Gasteiger partial charge in [0.25, 0.3) is 0 Å². The Morgan fingerprint density at radius 2 is 1.13 bits per heavy atom. The molecule has 288 valence electrons. The zero-order valence-electron chi connectivity index (χ0n) is 31.5. The van der Waals surface area contributed by atoms with E-state index < -0.39 is 0 Å². The Kier molecular flexibility index (Phi) is 14.6. The van der Waals surface area contributed by atoms with E-state index in [2.05, 4.69) is 88.5 Å². The van der Waals surface area contributed by atoms with Gasteiger partial charge in [-0.2, -0.15) is 0 Å². The molecule has 6 aromatic carbocycles. The van der Waals surface area contributed by atoms with Crippen LogP contribution in [0.3, 0.4) is 0 Å². The van der Waals surface area contributed by atoms with Crippen LogP contribution in [0.1, 0.15) is 26.7 Å². The number of halogens is 3. The molecule has 2 fully saturated rings. The highest BCUT2D eigenvalue weighted by Crippen LogP contribution is 2.30. The van der Waals surface area contributed by atoms with Crippen LogP contribution in [0.2, 0.25) is 10.0 Å². The molecule has 6 nitrogen and oxygen atoms in total. The van der Waals surface area contributed by atoms with Crippen LogP contribution in [0.25, 0.3) is 21.5 Å². The number of nitrogens with zero attached hydrogens (tertiary/aromatic N) is 1. The van der Waals surface area contributed by atoms with Crippen LogP contribution >= 0.6 is 39.1 Å². The van der Waals surface area contributed by atoms with E-state index >= 15 is 0 Å². The van der Waals surface area contributed by atoms with Crippen molar-refractivity contribution in [3.8, 4) is 23.0 Å². The first-order valence-corrected chi connectivity index (χ1v) is 20.7. The minimum Gasteiger partial charge on any atom is -0.492 e. The first-order valence-electron chi connectivity index (χ1n) is 18.8. The summed E-state index contributed by atoms with van der Waals surface area (Å²) in [6.45, 7) is 10.4. The molecule has 1 N–H and O–H groups in total. The third-order valence-corrected chi connectivity index (χ3v) is 10.5. The minimum atomic E-state index is -0.173. The van der Waals surface area contributed by atoms with Crippen molar-refractivity contribution >= 4 is 60.7 Å². The Morgan fingerprint density at radius 1 is 0.618 bits per heavy atom. The summed E-state index contributed by atoms with van der Waals surface area (Å²) in [4.78, 5) is 2.40. The Bertz CT molecular complexity index is 2080. The number of hydrogen-bond acceptors (Lipinski definition) is 6. The normalized spacial score (nSPS) is 19.2. The molecule has 6 aromatic rings. The number of likely N-dealkylation sites (tertiary alicyclic amines) is 1. The van der Waals surface area contributed by atoms with Crippen molar-refractivity contribution < 1.29 is 18.9 Å². The third-order valence-electron chi connectivity index (χ3n) is 9.70. The lowest BCUT2D eigenvalue weighted by Crippen LogP contribution is -2.37. The van der Waals surface area contributed by atoms with Gasteiger partial charge in [0, 0.05) is 65.2 Å². The molecule has 2 heterocycles. The Balaban J connectivity index is 0.000000155. The van der Waals surface area contributed by atoms with Crippen LogP contribution in [-0.4, -0.2) is 67.4 Å². The zero-order valence-corrected chi connectivity index (χ0v) is 34.6. The molecule has 2 aliphatic heterocycles. The summed E-state index contributed by atoms with van der Waals surface area (Å²) in [5, 5.41) is 10.4. The van der Waals surface area contributed by atoms with E-state index in [9.17, 15) is 0 Å². The van der Waals surface area contributed by atoms with Crippen molar-refractivity contribution in [3.05, 3.63) is 144 Å². The van der Waals surface area contributed by atoms with Gasteiger partial charge in [0.15, 0.2) is 0 Å². The van der Waals surface area contributed by atoms with Gasteiger partial charge in [-0.05, 0) is 91.8 Å². The average Bonchev–Trinajstić information content (AvgIpc) is 3.81. The van der Waals surface area contributed by atoms with Crippen molar-refractivity contribution in [2.24, 2.45) is 0 Å². The van der Waals surface area contributed by atoms with Crippen LogP contribution in [-0.2, 0) is 0 Å². The Labute approximate surface area is 343 Å². The molecular weight excluding hydrogens is 795 g/mol. The van der Waals surface area contributed by atoms with E-state index in [0.717, 1.165) is 89.3 Å². The van der Waals surface area contributed by atoms with Gasteiger partial charge in [-0.3, -0.25) is 4.90 Å². The highest BCUT2D eigenvalue weighted by Gasteiger charge is 2.35. The number of nitrogens with one attached hydrogen (secondary N) is 1. The van der Waals surface area contributed by atoms with Crippen molar-refractivity contribution in [1.29, 1.82) is 0 Å². The lowest BCUT2D eigenvalue weighted by atomic mass is 10.1. The molecule has 0 radical (unpaired) electrons. The fourth-order valence-electron chi connectivity index (χ4n) is 6.83. The molecule has 55 heavy (non-hydrogen) atoms. The number of ether oxygens (including phenoxy) is 4. The third kappa shape index (κ3) is 12.0. The summed E-state index contributed by atoms with van der Waals surface area (Å²) in [5.74, 6) is 3.67. The number of hydrogen-bond donors (Lipinski definition) is 1. The maximum atomic E-state index is 6.23. The predicted octanol–water partition coefficient (Wildman–Crippen LogP) is 11.5. The number of benzene rings is 6. The highest BCUT2D eigenvalue weighted by molar-refractivity contribution is 9.09. The van der Waals surface area contributed by atoms with Gasteiger partial charge in [-0.25, -0.2) is 0 Å². The van der Waals surface area contributed by atoms with Gasteiger partial charge in [0.05, 0.1) is 6.61 Å². The van der Waals surface area contributed by atoms with Crippen LogP contribution in [0, 0.1) is 0 Å². The largest absolute Gasteiger partial charge is 0.492 e. The SMILES string of the molecule is BrCCOc1cccc2ccccc12.CC1(Oc2ccc(Cl)cc2)CCN(CCOc2cccc3ccccc23)C1.CC1(Oc2ccc(Cl)cc2)CCNC1. The average molecular weight is 845 g/mol. The van der Waals surface area contributed by atoms with Gasteiger partial charge in [0.2, 0.25) is 0 Å². The van der Waals surface area contributed by atoms with Gasteiger partial charge < -0.3 is 24.3 Å². The summed E-state index contributed by atoms with van der Waals surface area (Å²) in [6.07, 6.45) is 2.06. The second-order valence-electron chi connectivity index (χ2n) is 14.3. The van der Waals surface area contributed by atoms with E-state index in [0.29, 0.717) is 13.2 Å². The van der Waals surface area contributed by atoms with Gasteiger partial charge in [0.1, 0.15) is 40.8 Å². The monoisotopic (exact) mass is 842 g/mol. The smallest absolute Gasteiger partial charge is 0.127 e. The number of fused-ring (bicyclic) bond motifs is 2. The summed E-state index contributed by atoms with van der Waals surface area (Å²) < 4.78 is 23.8. The van der Waals surface area contributed by atoms with Gasteiger partial charge in [-0.1, -0.05) is 112 Å². The maximum Gasteiger partial charge on any atom is 0.127 e. The second-order valence-corrected chi connectivity index (χ2v) is 16.0. The van der Waals surface area contributed by atoms with E-state index in [1.165, 1.54) is 16.2 Å². The van der Waals surface area contributed by atoms with Gasteiger partial charge >= 0.3 is 0 Å². The van der Waals surface area contributed by atoms with Crippen molar-refractivity contribution in [2.45, 2.75) is 37.9 Å². The van der Waals surface area contributed by atoms with Crippen molar-refractivity contribution in [1.82, 2.24) is 10.2 Å². The molecule has 0 saturated carbocycles. The number of alkyl halides is 1. The lowest BCUT2D eigenvalue weighted by molar-refractivity contribution is 0.0935. The predicted molar refractivity (Wildman–Crippen MR) is 232 cm³/mol. The Hall–Kier alpha value is -3.98. The van der Waals surface area contributed by atoms with Crippen molar-refractivity contribution in [3.63, 3.8) is 0 Å². The quantitative estimate of drug-likeness (QED) is 0.131. The van der Waals surface area contributed by atoms with Crippen molar-refractivity contribution in [2.75, 3.05) is 51.3 Å². The lowest BCUT2D eigenvalue weighted by Gasteiger charge is -2.26. The molecular formula is C46H49BrCl2N2O4. The molecule has 2 unspecified atom stereocenters. The molecule has 8 rings (SSSR count). The maximum absolute atomic E-state index is 6.23. The van der Waals surface area contributed by atoms with Gasteiger partial charge in [-0.15, -0.1) is 0 Å². The van der Waals surface area contributed by atoms with Crippen LogP contribution in [0.15, 0.2) is 133 Å². The van der Waals surface area contributed by atoms with E-state index in [1.54, 1.807) is 0 Å². The fraction of sp³-hybridized carbons (Fsp3) is 0.304. The van der Waals surface area contributed by atoms with Crippen LogP contribution < -0.4 is 24.3 Å². The number of rotatable bonds is 11. The highest BCUT2D eigenvalue weighted by atomic mass is 79.9. The molecule has 0 bridgehead atoms. The molecule has 0 aromatic heterocycles. The van der Waals surface area contributed by atoms with E-state index in [4.69, 9.17) is 42.1 Å². The molecule has 0 aliphatic carbocycles. The second kappa shape index (κ2) is 19.7. The minimum absolute atomic E-state index is 0.0617. The van der Waals surface area contributed by atoms with Crippen LogP contribution in [0.4, 0.5) is 0 Å². The molecule has 0 amide bonds. The van der Waals surface area contributed by atoms with Crippen LogP contribution in [0.5, 0.6) is 23.0 Å². The zero-order chi connectivity index (χ0) is 38.5. The molecule has 2 saturated heterocycles. The van der Waals surface area contributed by atoms with E-state index in [-0.39, 0.29) is 11.2 Å². The molecule has 0 spiro atoms. The first-order chi connectivity index (χ1) is 26.7.